The molecular weight excluding hydrogens is 507 g/mol. The van der Waals surface area contributed by atoms with Crippen LogP contribution in [0.1, 0.15) is 12.5 Å². The molecule has 0 fully saturated rings. The molecule has 2 amide bonds. The average Bonchev–Trinajstić information content (AvgIpc) is 2.77. The van der Waals surface area contributed by atoms with Gasteiger partial charge in [0.15, 0.2) is 0 Å². The highest BCUT2D eigenvalue weighted by atomic mass is 35.5. The topological polar surface area (TPSA) is 95.6 Å². The van der Waals surface area contributed by atoms with Crippen LogP contribution in [0.15, 0.2) is 77.7 Å². The van der Waals surface area contributed by atoms with Crippen molar-refractivity contribution in [2.75, 3.05) is 21.5 Å². The molecule has 0 aliphatic heterocycles. The molecule has 0 radical (unpaired) electrons. The van der Waals surface area contributed by atoms with Gasteiger partial charge in [-0.25, -0.2) is 8.42 Å². The third-order valence-electron chi connectivity index (χ3n) is 4.63. The smallest absolute Gasteiger partial charge is 0.326 e. The van der Waals surface area contributed by atoms with Crippen molar-refractivity contribution in [1.29, 1.82) is 0 Å². The molecule has 0 aromatic heterocycles. The third-order valence-corrected chi connectivity index (χ3v) is 6.72. The SMILES string of the molecule is CC(=O)Nc1cccc(NC(=O)CN(c2cc(C(F)(F)F)ccc2Cl)S(=O)(=O)c2ccccc2)c1. The number of carbonyl (C=O) groups excluding carboxylic acids is 2. The van der Waals surface area contributed by atoms with Crippen LogP contribution in [0.2, 0.25) is 5.02 Å². The van der Waals surface area contributed by atoms with Crippen LogP contribution in [-0.4, -0.2) is 26.8 Å². The van der Waals surface area contributed by atoms with Gasteiger partial charge >= 0.3 is 6.18 Å². The van der Waals surface area contributed by atoms with E-state index in [-0.39, 0.29) is 21.5 Å². The normalized spacial score (nSPS) is 11.6. The summed E-state index contributed by atoms with van der Waals surface area (Å²) < 4.78 is 67.3. The Labute approximate surface area is 204 Å². The molecule has 0 saturated carbocycles. The van der Waals surface area contributed by atoms with E-state index in [4.69, 9.17) is 11.6 Å². The lowest BCUT2D eigenvalue weighted by molar-refractivity contribution is -0.137. The van der Waals surface area contributed by atoms with Crippen LogP contribution in [0.4, 0.5) is 30.2 Å². The van der Waals surface area contributed by atoms with Gasteiger partial charge in [0.25, 0.3) is 10.0 Å². The number of benzene rings is 3. The summed E-state index contributed by atoms with van der Waals surface area (Å²) in [7, 11) is -4.49. The van der Waals surface area contributed by atoms with Gasteiger partial charge in [-0.05, 0) is 48.5 Å². The fourth-order valence-electron chi connectivity index (χ4n) is 3.11. The minimum Gasteiger partial charge on any atom is -0.326 e. The number of hydrogen-bond acceptors (Lipinski definition) is 4. The molecule has 3 rings (SSSR count). The highest BCUT2D eigenvalue weighted by Gasteiger charge is 2.34. The second kappa shape index (κ2) is 10.4. The van der Waals surface area contributed by atoms with Crippen LogP contribution in [0.25, 0.3) is 0 Å². The first-order chi connectivity index (χ1) is 16.4. The van der Waals surface area contributed by atoms with Gasteiger partial charge < -0.3 is 10.6 Å². The third kappa shape index (κ3) is 6.52. The molecule has 7 nitrogen and oxygen atoms in total. The zero-order chi connectivity index (χ0) is 25.8. The Balaban J connectivity index is 2.01. The highest BCUT2D eigenvalue weighted by Crippen LogP contribution is 2.37. The summed E-state index contributed by atoms with van der Waals surface area (Å²) in [6.07, 6.45) is -4.77. The molecule has 0 saturated heterocycles. The Morgan fingerprint density at radius 2 is 1.54 bits per heavy atom. The Kier molecular flexibility index (Phi) is 7.71. The molecule has 184 valence electrons. The summed E-state index contributed by atoms with van der Waals surface area (Å²) >= 11 is 6.10. The number of alkyl halides is 3. The van der Waals surface area contributed by atoms with Crippen molar-refractivity contribution in [2.45, 2.75) is 18.0 Å². The van der Waals surface area contributed by atoms with Crippen LogP contribution in [0.3, 0.4) is 0 Å². The van der Waals surface area contributed by atoms with E-state index in [9.17, 15) is 31.2 Å². The number of hydrogen-bond donors (Lipinski definition) is 2. The van der Waals surface area contributed by atoms with Crippen LogP contribution in [-0.2, 0) is 25.8 Å². The molecule has 0 aliphatic carbocycles. The summed E-state index contributed by atoms with van der Waals surface area (Å²) in [5.41, 5.74) is -1.03. The van der Waals surface area contributed by atoms with Gasteiger partial charge in [-0.2, -0.15) is 13.2 Å². The molecule has 0 bridgehead atoms. The van der Waals surface area contributed by atoms with Crippen LogP contribution >= 0.6 is 11.6 Å². The molecule has 0 unspecified atom stereocenters. The van der Waals surface area contributed by atoms with Gasteiger partial charge in [0, 0.05) is 18.3 Å². The summed E-state index contributed by atoms with van der Waals surface area (Å²) in [6.45, 7) is 0.430. The molecule has 35 heavy (non-hydrogen) atoms. The van der Waals surface area contributed by atoms with Crippen molar-refractivity contribution in [2.24, 2.45) is 0 Å². The molecule has 3 aromatic rings. The van der Waals surface area contributed by atoms with E-state index in [1.165, 1.54) is 43.3 Å². The van der Waals surface area contributed by atoms with E-state index < -0.39 is 39.9 Å². The number of rotatable bonds is 7. The number of carbonyl (C=O) groups is 2. The molecule has 0 aliphatic rings. The maximum absolute atomic E-state index is 13.4. The first-order valence-electron chi connectivity index (χ1n) is 10.00. The monoisotopic (exact) mass is 525 g/mol. The second-order valence-corrected chi connectivity index (χ2v) is 9.57. The number of sulfonamides is 1. The lowest BCUT2D eigenvalue weighted by Crippen LogP contribution is -2.38. The molecule has 0 atom stereocenters. The van der Waals surface area contributed by atoms with Crippen molar-refractivity contribution in [1.82, 2.24) is 0 Å². The van der Waals surface area contributed by atoms with Crippen molar-refractivity contribution < 1.29 is 31.2 Å². The van der Waals surface area contributed by atoms with Gasteiger partial charge in [-0.1, -0.05) is 35.9 Å². The van der Waals surface area contributed by atoms with Crippen LogP contribution in [0, 0.1) is 0 Å². The lowest BCUT2D eigenvalue weighted by Gasteiger charge is -2.26. The van der Waals surface area contributed by atoms with Crippen molar-refractivity contribution >= 4 is 50.5 Å². The number of nitrogens with zero attached hydrogens (tertiary/aromatic N) is 1. The Morgan fingerprint density at radius 3 is 2.14 bits per heavy atom. The fourth-order valence-corrected chi connectivity index (χ4v) is 4.83. The van der Waals surface area contributed by atoms with Gasteiger partial charge in [0.2, 0.25) is 11.8 Å². The summed E-state index contributed by atoms with van der Waals surface area (Å²) in [4.78, 5) is 23.8. The fraction of sp³-hybridized carbons (Fsp3) is 0.130. The number of amides is 2. The van der Waals surface area contributed by atoms with Crippen molar-refractivity contribution in [3.05, 3.63) is 83.4 Å². The second-order valence-electron chi connectivity index (χ2n) is 7.30. The molecule has 2 N–H and O–H groups in total. The lowest BCUT2D eigenvalue weighted by atomic mass is 10.2. The van der Waals surface area contributed by atoms with E-state index >= 15 is 0 Å². The highest BCUT2D eigenvalue weighted by molar-refractivity contribution is 7.92. The Morgan fingerprint density at radius 1 is 0.914 bits per heavy atom. The number of nitrogens with one attached hydrogen (secondary N) is 2. The minimum absolute atomic E-state index is 0.230. The summed E-state index contributed by atoms with van der Waals surface area (Å²) in [5.74, 6) is -1.19. The van der Waals surface area contributed by atoms with E-state index in [1.54, 1.807) is 18.2 Å². The predicted octanol–water partition coefficient (Wildman–Crippen LogP) is 5.15. The largest absolute Gasteiger partial charge is 0.416 e. The standard InChI is InChI=1S/C23H19ClF3N3O4S/c1-15(31)28-17-6-5-7-18(13-17)29-22(32)14-30(35(33,34)19-8-3-2-4-9-19)21-12-16(23(25,26)27)10-11-20(21)24/h2-13H,14H2,1H3,(H,28,31)(H,29,32). The predicted molar refractivity (Wildman–Crippen MR) is 127 cm³/mol. The van der Waals surface area contributed by atoms with Crippen molar-refractivity contribution in [3.63, 3.8) is 0 Å². The van der Waals surface area contributed by atoms with Gasteiger partial charge in [-0.3, -0.25) is 13.9 Å². The summed E-state index contributed by atoms with van der Waals surface area (Å²) in [5, 5.41) is 4.73. The van der Waals surface area contributed by atoms with Crippen molar-refractivity contribution in [3.8, 4) is 0 Å². The first-order valence-corrected chi connectivity index (χ1v) is 11.8. The van der Waals surface area contributed by atoms with Crippen LogP contribution in [0.5, 0.6) is 0 Å². The maximum atomic E-state index is 13.4. The van der Waals surface area contributed by atoms with Crippen LogP contribution < -0.4 is 14.9 Å². The molecular formula is C23H19ClF3N3O4S. The Bertz CT molecular complexity index is 1350. The van der Waals surface area contributed by atoms with E-state index in [0.29, 0.717) is 22.1 Å². The zero-order valence-corrected chi connectivity index (χ0v) is 19.7. The number of halogens is 4. The average molecular weight is 526 g/mol. The summed E-state index contributed by atoms with van der Waals surface area (Å²) in [6, 6.07) is 15.2. The van der Waals surface area contributed by atoms with Gasteiger partial charge in [0.1, 0.15) is 6.54 Å². The molecule has 0 spiro atoms. The number of anilines is 3. The maximum Gasteiger partial charge on any atom is 0.416 e. The van der Waals surface area contributed by atoms with Gasteiger partial charge in [0.05, 0.1) is 21.2 Å². The first kappa shape index (κ1) is 26.0. The molecule has 3 aromatic carbocycles. The molecule has 12 heteroatoms. The van der Waals surface area contributed by atoms with E-state index in [2.05, 4.69) is 10.6 Å². The van der Waals surface area contributed by atoms with Gasteiger partial charge in [-0.15, -0.1) is 0 Å². The minimum atomic E-state index is -4.77. The zero-order valence-electron chi connectivity index (χ0n) is 18.1. The van der Waals surface area contributed by atoms with E-state index in [1.807, 2.05) is 0 Å². The molecule has 0 heterocycles. The quantitative estimate of drug-likeness (QED) is 0.446. The Hall–Kier alpha value is -3.57. The van der Waals surface area contributed by atoms with E-state index in [0.717, 1.165) is 6.07 Å².